The van der Waals surface area contributed by atoms with Gasteiger partial charge in [0.2, 0.25) is 10.0 Å². The minimum absolute atomic E-state index is 0.0316. The molecule has 0 aromatic carbocycles. The maximum atomic E-state index is 12.7. The van der Waals surface area contributed by atoms with Crippen LogP contribution in [0.2, 0.25) is 0 Å². The Hall–Kier alpha value is -0.660. The molecule has 21 heavy (non-hydrogen) atoms. The summed E-state index contributed by atoms with van der Waals surface area (Å²) in [5.41, 5.74) is -0.236. The zero-order valence-corrected chi connectivity index (χ0v) is 13.6. The summed E-state index contributed by atoms with van der Waals surface area (Å²) in [6, 6.07) is 0. The third-order valence-corrected chi connectivity index (χ3v) is 6.65. The summed E-state index contributed by atoms with van der Waals surface area (Å²) in [5.74, 6) is -0.318. The van der Waals surface area contributed by atoms with E-state index in [0.29, 0.717) is 19.5 Å². The molecule has 2 aliphatic rings. The molecule has 0 unspecified atom stereocenters. The average molecular weight is 318 g/mol. The third kappa shape index (κ3) is 3.96. The van der Waals surface area contributed by atoms with E-state index in [1.807, 2.05) is 0 Å². The van der Waals surface area contributed by atoms with Crippen LogP contribution in [0.1, 0.15) is 44.9 Å². The molecule has 0 atom stereocenters. The van der Waals surface area contributed by atoms with Crippen LogP contribution in [0.5, 0.6) is 0 Å². The lowest BCUT2D eigenvalue weighted by Gasteiger charge is -2.48. The number of nitrogens with zero attached hydrogens (tertiary/aromatic N) is 1. The first-order valence-corrected chi connectivity index (χ1v) is 9.39. The van der Waals surface area contributed by atoms with Crippen molar-refractivity contribution >= 4 is 16.0 Å². The fraction of sp³-hybridized carbons (Fsp3) is 0.929. The van der Waals surface area contributed by atoms with Crippen molar-refractivity contribution in [3.8, 4) is 0 Å². The Labute approximate surface area is 127 Å². The van der Waals surface area contributed by atoms with Gasteiger partial charge in [0, 0.05) is 31.6 Å². The van der Waals surface area contributed by atoms with E-state index < -0.39 is 10.0 Å². The predicted octanol–water partition coefficient (Wildman–Crippen LogP) is 0.877. The van der Waals surface area contributed by atoms with Crippen molar-refractivity contribution in [2.24, 2.45) is 0 Å². The van der Waals surface area contributed by atoms with E-state index in [2.05, 4.69) is 10.1 Å². The zero-order valence-electron chi connectivity index (χ0n) is 12.8. The molecule has 1 saturated carbocycles. The van der Waals surface area contributed by atoms with E-state index in [9.17, 15) is 13.2 Å². The fourth-order valence-corrected chi connectivity index (χ4v) is 5.44. The van der Waals surface area contributed by atoms with Gasteiger partial charge in [0.15, 0.2) is 0 Å². The van der Waals surface area contributed by atoms with Gasteiger partial charge in [0.25, 0.3) is 0 Å². The average Bonchev–Trinajstić information content (AvgIpc) is 2.48. The van der Waals surface area contributed by atoms with Crippen molar-refractivity contribution in [3.05, 3.63) is 0 Å². The van der Waals surface area contributed by atoms with E-state index in [0.717, 1.165) is 32.2 Å². The van der Waals surface area contributed by atoms with E-state index in [1.54, 1.807) is 4.31 Å². The third-order valence-electron chi connectivity index (χ3n) is 4.61. The Morgan fingerprint density at radius 3 is 2.67 bits per heavy atom. The second kappa shape index (κ2) is 7.07. The predicted molar refractivity (Wildman–Crippen MR) is 80.4 cm³/mol. The van der Waals surface area contributed by atoms with Gasteiger partial charge in [-0.1, -0.05) is 19.3 Å². The Kier molecular flexibility index (Phi) is 5.62. The van der Waals surface area contributed by atoms with Crippen molar-refractivity contribution in [3.63, 3.8) is 0 Å². The molecule has 122 valence electrons. The van der Waals surface area contributed by atoms with E-state index in [-0.39, 0.29) is 23.7 Å². The maximum absolute atomic E-state index is 12.7. The van der Waals surface area contributed by atoms with Crippen LogP contribution in [-0.4, -0.2) is 56.7 Å². The molecule has 6 nitrogen and oxygen atoms in total. The van der Waals surface area contributed by atoms with Gasteiger partial charge in [-0.2, -0.15) is 4.31 Å². The highest BCUT2D eigenvalue weighted by atomic mass is 32.2. The zero-order chi connectivity index (χ0) is 15.3. The number of ether oxygens (including phenoxy) is 1. The van der Waals surface area contributed by atoms with Crippen LogP contribution < -0.4 is 5.32 Å². The van der Waals surface area contributed by atoms with Crippen molar-refractivity contribution < 1.29 is 17.9 Å². The Bertz CT molecular complexity index is 449. The topological polar surface area (TPSA) is 75.7 Å². The van der Waals surface area contributed by atoms with Gasteiger partial charge in [-0.3, -0.25) is 4.79 Å². The lowest BCUT2D eigenvalue weighted by molar-refractivity contribution is -0.140. The van der Waals surface area contributed by atoms with Gasteiger partial charge in [-0.25, -0.2) is 8.42 Å². The van der Waals surface area contributed by atoms with Gasteiger partial charge in [-0.05, 0) is 19.3 Å². The van der Waals surface area contributed by atoms with Crippen LogP contribution >= 0.6 is 0 Å². The largest absolute Gasteiger partial charge is 0.469 e. The van der Waals surface area contributed by atoms with Crippen LogP contribution in [0.25, 0.3) is 0 Å². The molecule has 1 heterocycles. The highest BCUT2D eigenvalue weighted by Gasteiger charge is 2.45. The van der Waals surface area contributed by atoms with Gasteiger partial charge in [-0.15, -0.1) is 0 Å². The number of rotatable bonds is 5. The number of nitrogens with one attached hydrogen (secondary N) is 1. The van der Waals surface area contributed by atoms with Crippen molar-refractivity contribution in [2.45, 2.75) is 50.5 Å². The van der Waals surface area contributed by atoms with Crippen LogP contribution in [0, 0.1) is 0 Å². The number of carbonyl (C=O) groups excluding carboxylic acids is 1. The molecule has 0 bridgehead atoms. The first-order chi connectivity index (χ1) is 10.0. The highest BCUT2D eigenvalue weighted by molar-refractivity contribution is 7.89. The molecule has 0 aromatic heterocycles. The number of piperazine rings is 1. The first-order valence-electron chi connectivity index (χ1n) is 7.78. The second-order valence-corrected chi connectivity index (χ2v) is 8.04. The molecular weight excluding hydrogens is 292 g/mol. The number of methoxy groups -OCH3 is 1. The lowest BCUT2D eigenvalue weighted by Crippen LogP contribution is -2.63. The molecule has 7 heteroatoms. The van der Waals surface area contributed by atoms with Crippen molar-refractivity contribution in [1.29, 1.82) is 0 Å². The molecule has 0 amide bonds. The van der Waals surface area contributed by atoms with E-state index >= 15 is 0 Å². The second-order valence-electron chi connectivity index (χ2n) is 6.03. The SMILES string of the molecule is COC(=O)CCCS(=O)(=O)N1CCNCC12CCCCC2. The van der Waals surface area contributed by atoms with E-state index in [1.165, 1.54) is 13.5 Å². The minimum Gasteiger partial charge on any atom is -0.469 e. The fourth-order valence-electron chi connectivity index (χ4n) is 3.51. The summed E-state index contributed by atoms with van der Waals surface area (Å²) in [5, 5.41) is 3.35. The summed E-state index contributed by atoms with van der Waals surface area (Å²) < 4.78 is 31.6. The number of hydrogen-bond donors (Lipinski definition) is 1. The van der Waals surface area contributed by atoms with Gasteiger partial charge in [0.05, 0.1) is 12.9 Å². The smallest absolute Gasteiger partial charge is 0.305 e. The molecule has 2 rings (SSSR count). The van der Waals surface area contributed by atoms with Crippen LogP contribution in [0.3, 0.4) is 0 Å². The molecule has 1 saturated heterocycles. The molecule has 1 aliphatic heterocycles. The van der Waals surface area contributed by atoms with Gasteiger partial charge >= 0.3 is 5.97 Å². The van der Waals surface area contributed by atoms with Crippen LogP contribution in [0.4, 0.5) is 0 Å². The first kappa shape index (κ1) is 16.7. The van der Waals surface area contributed by atoms with Gasteiger partial charge < -0.3 is 10.1 Å². The Morgan fingerprint density at radius 2 is 2.00 bits per heavy atom. The molecule has 1 aliphatic carbocycles. The summed E-state index contributed by atoms with van der Waals surface area (Å²) in [6.45, 7) is 2.00. The minimum atomic E-state index is -3.31. The normalized spacial score (nSPS) is 23.1. The number of esters is 1. The molecule has 2 fully saturated rings. The monoisotopic (exact) mass is 318 g/mol. The standard InChI is InChI=1S/C14H26N2O4S/c1-20-13(17)6-5-11-21(18,19)16-10-9-15-12-14(16)7-3-2-4-8-14/h15H,2-12H2,1H3. The van der Waals surface area contributed by atoms with Gasteiger partial charge in [0.1, 0.15) is 0 Å². The molecule has 1 N–H and O–H groups in total. The quantitative estimate of drug-likeness (QED) is 0.762. The number of carbonyl (C=O) groups is 1. The summed E-state index contributed by atoms with van der Waals surface area (Å²) in [6.07, 6.45) is 5.75. The molecular formula is C14H26N2O4S. The number of hydrogen-bond acceptors (Lipinski definition) is 5. The summed E-state index contributed by atoms with van der Waals surface area (Å²) in [7, 11) is -1.99. The molecule has 1 spiro atoms. The highest BCUT2D eigenvalue weighted by Crippen LogP contribution is 2.36. The van der Waals surface area contributed by atoms with E-state index in [4.69, 9.17) is 0 Å². The van der Waals surface area contributed by atoms with Crippen LogP contribution in [0.15, 0.2) is 0 Å². The summed E-state index contributed by atoms with van der Waals surface area (Å²) in [4.78, 5) is 11.1. The summed E-state index contributed by atoms with van der Waals surface area (Å²) >= 11 is 0. The Morgan fingerprint density at radius 1 is 1.29 bits per heavy atom. The van der Waals surface area contributed by atoms with Crippen molar-refractivity contribution in [2.75, 3.05) is 32.5 Å². The maximum Gasteiger partial charge on any atom is 0.305 e. The Balaban J connectivity index is 2.03. The number of sulfonamides is 1. The molecule has 0 radical (unpaired) electrons. The van der Waals surface area contributed by atoms with Crippen molar-refractivity contribution in [1.82, 2.24) is 9.62 Å². The van der Waals surface area contributed by atoms with Crippen LogP contribution in [-0.2, 0) is 19.6 Å². The lowest BCUT2D eigenvalue weighted by atomic mass is 9.80. The molecule has 0 aromatic rings.